The van der Waals surface area contributed by atoms with E-state index in [2.05, 4.69) is 27.7 Å². The molecule has 3 unspecified atom stereocenters. The van der Waals surface area contributed by atoms with Gasteiger partial charge in [-0.2, -0.15) is 0 Å². The van der Waals surface area contributed by atoms with E-state index in [-0.39, 0.29) is 17.7 Å². The van der Waals surface area contributed by atoms with Crippen LogP contribution in [0.5, 0.6) is 0 Å². The molecule has 2 heterocycles. The number of para-hydroxylation sites is 2. The van der Waals surface area contributed by atoms with Gasteiger partial charge in [-0.05, 0) is 91.6 Å². The lowest BCUT2D eigenvalue weighted by atomic mass is 9.92. The highest BCUT2D eigenvalue weighted by molar-refractivity contribution is 6.03. The van der Waals surface area contributed by atoms with Gasteiger partial charge in [0.1, 0.15) is 0 Å². The van der Waals surface area contributed by atoms with Crippen molar-refractivity contribution in [2.45, 2.75) is 56.1 Å². The maximum absolute atomic E-state index is 13.6. The Morgan fingerprint density at radius 3 is 2.46 bits per heavy atom. The number of nitrogen functional groups attached to an aromatic ring is 1. The van der Waals surface area contributed by atoms with E-state index in [4.69, 9.17) is 10.5 Å². The summed E-state index contributed by atoms with van der Waals surface area (Å²) in [7, 11) is 0. The molecule has 2 aliphatic heterocycles. The van der Waals surface area contributed by atoms with Gasteiger partial charge in [0.25, 0.3) is 0 Å². The predicted octanol–water partition coefficient (Wildman–Crippen LogP) is 5.77. The number of rotatable bonds is 11. The first-order valence-electron chi connectivity index (χ1n) is 14.7. The summed E-state index contributed by atoms with van der Waals surface area (Å²) in [4.78, 5) is 28.5. The Hall–Kier alpha value is -3.94. The van der Waals surface area contributed by atoms with E-state index in [9.17, 15) is 9.59 Å². The number of hydrogen-bond donors (Lipinski definition) is 3. The quantitative estimate of drug-likeness (QED) is 0.208. The minimum absolute atomic E-state index is 0.0126. The van der Waals surface area contributed by atoms with Crippen LogP contribution in [0.4, 0.5) is 17.1 Å². The average Bonchev–Trinajstić information content (AvgIpc) is 3.62. The summed E-state index contributed by atoms with van der Waals surface area (Å²) in [6, 6.07) is 23.9. The summed E-state index contributed by atoms with van der Waals surface area (Å²) >= 11 is 0. The Morgan fingerprint density at radius 1 is 1.00 bits per heavy atom. The molecule has 0 radical (unpaired) electrons. The SMILES string of the molecule is Nc1ccccc1NC(=O)C=Cc1ccc(C(CCCN2CC3CC2CO3)C(=O)Nc2ccc(C3CC3)cc2)cc1. The highest BCUT2D eigenvalue weighted by Gasteiger charge is 2.38. The largest absolute Gasteiger partial charge is 0.397 e. The summed E-state index contributed by atoms with van der Waals surface area (Å²) < 4.78 is 5.75. The molecule has 3 aromatic rings. The number of nitrogens with one attached hydrogen (secondary N) is 2. The third kappa shape index (κ3) is 6.87. The van der Waals surface area contributed by atoms with Gasteiger partial charge in [0.05, 0.1) is 30.0 Å². The Balaban J connectivity index is 1.11. The molecule has 212 valence electrons. The van der Waals surface area contributed by atoms with Crippen LogP contribution in [0.2, 0.25) is 0 Å². The summed E-state index contributed by atoms with van der Waals surface area (Å²) in [6.07, 6.45) is 8.98. The molecule has 2 saturated heterocycles. The van der Waals surface area contributed by atoms with E-state index >= 15 is 0 Å². The number of anilines is 3. The van der Waals surface area contributed by atoms with Gasteiger partial charge in [-0.15, -0.1) is 0 Å². The lowest BCUT2D eigenvalue weighted by molar-refractivity contribution is -0.117. The summed E-state index contributed by atoms with van der Waals surface area (Å²) in [5.74, 6) is 0.182. The van der Waals surface area contributed by atoms with Crippen LogP contribution in [0.3, 0.4) is 0 Å². The molecular formula is C34H38N4O3. The maximum atomic E-state index is 13.6. The van der Waals surface area contributed by atoms with Crippen molar-refractivity contribution in [1.29, 1.82) is 0 Å². The van der Waals surface area contributed by atoms with E-state index in [1.165, 1.54) is 24.5 Å². The van der Waals surface area contributed by atoms with Crippen LogP contribution in [-0.2, 0) is 14.3 Å². The van der Waals surface area contributed by atoms with Crippen LogP contribution in [0, 0.1) is 0 Å². The normalized spacial score (nSPS) is 20.8. The second kappa shape index (κ2) is 12.3. The molecule has 3 fully saturated rings. The van der Waals surface area contributed by atoms with E-state index in [1.54, 1.807) is 18.2 Å². The number of fused-ring (bicyclic) bond motifs is 2. The third-order valence-electron chi connectivity index (χ3n) is 8.48. The van der Waals surface area contributed by atoms with Crippen LogP contribution in [0.15, 0.2) is 78.9 Å². The van der Waals surface area contributed by atoms with Crippen molar-refractivity contribution in [1.82, 2.24) is 4.90 Å². The molecule has 3 aliphatic rings. The number of carbonyl (C=O) groups is 2. The van der Waals surface area contributed by atoms with Crippen molar-refractivity contribution in [2.24, 2.45) is 0 Å². The fourth-order valence-corrected chi connectivity index (χ4v) is 5.98. The molecule has 0 spiro atoms. The molecule has 1 aliphatic carbocycles. The summed E-state index contributed by atoms with van der Waals surface area (Å²) in [5.41, 5.74) is 11.1. The number of nitrogens with two attached hydrogens (primary N) is 1. The molecule has 41 heavy (non-hydrogen) atoms. The molecule has 4 N–H and O–H groups in total. The highest BCUT2D eigenvalue weighted by Crippen LogP contribution is 2.40. The van der Waals surface area contributed by atoms with Crippen molar-refractivity contribution in [3.8, 4) is 0 Å². The number of hydrogen-bond acceptors (Lipinski definition) is 5. The van der Waals surface area contributed by atoms with Crippen molar-refractivity contribution in [3.63, 3.8) is 0 Å². The lowest BCUT2D eigenvalue weighted by Gasteiger charge is -2.27. The molecule has 7 nitrogen and oxygen atoms in total. The molecule has 6 rings (SSSR count). The zero-order valence-corrected chi connectivity index (χ0v) is 23.3. The average molecular weight is 551 g/mol. The fourth-order valence-electron chi connectivity index (χ4n) is 5.98. The first-order chi connectivity index (χ1) is 20.0. The number of ether oxygens (including phenoxy) is 1. The topological polar surface area (TPSA) is 96.7 Å². The first kappa shape index (κ1) is 27.2. The maximum Gasteiger partial charge on any atom is 0.248 e. The molecule has 3 aromatic carbocycles. The van der Waals surface area contributed by atoms with Gasteiger partial charge in [-0.25, -0.2) is 0 Å². The van der Waals surface area contributed by atoms with Crippen LogP contribution in [0.1, 0.15) is 60.6 Å². The Labute approximate surface area is 241 Å². The smallest absolute Gasteiger partial charge is 0.248 e. The Morgan fingerprint density at radius 2 is 1.78 bits per heavy atom. The standard InChI is InChI=1S/C34H38N4O3/c35-31-5-1-2-6-32(31)37-33(39)18-9-23-7-10-26(11-8-23)30(4-3-19-38-21-29-20-28(38)22-41-29)34(40)36-27-16-14-25(15-17-27)24-12-13-24/h1-2,5-11,14-18,24,28-30H,3-4,12-13,19-22,35H2,(H,36,40)(H,37,39). The van der Waals surface area contributed by atoms with Crippen molar-refractivity contribution in [3.05, 3.63) is 95.6 Å². The summed E-state index contributed by atoms with van der Waals surface area (Å²) in [5, 5.41) is 5.97. The second-order valence-corrected chi connectivity index (χ2v) is 11.5. The van der Waals surface area contributed by atoms with Crippen LogP contribution < -0.4 is 16.4 Å². The highest BCUT2D eigenvalue weighted by atomic mass is 16.5. The second-order valence-electron chi connectivity index (χ2n) is 11.5. The van der Waals surface area contributed by atoms with E-state index in [0.717, 1.165) is 55.8 Å². The van der Waals surface area contributed by atoms with Gasteiger partial charge in [-0.1, -0.05) is 48.5 Å². The van der Waals surface area contributed by atoms with E-state index < -0.39 is 0 Å². The van der Waals surface area contributed by atoms with Gasteiger partial charge in [0.2, 0.25) is 11.8 Å². The molecular weight excluding hydrogens is 512 g/mol. The van der Waals surface area contributed by atoms with E-state index in [0.29, 0.717) is 29.4 Å². The lowest BCUT2D eigenvalue weighted by Crippen LogP contribution is -2.37. The van der Waals surface area contributed by atoms with Gasteiger partial charge < -0.3 is 21.1 Å². The molecule has 2 amide bonds. The minimum Gasteiger partial charge on any atom is -0.397 e. The number of morpholine rings is 1. The van der Waals surface area contributed by atoms with Crippen molar-refractivity contribution in [2.75, 3.05) is 36.1 Å². The molecule has 1 saturated carbocycles. The van der Waals surface area contributed by atoms with Crippen LogP contribution in [-0.4, -0.2) is 48.6 Å². The predicted molar refractivity (Wildman–Crippen MR) is 164 cm³/mol. The first-order valence-corrected chi connectivity index (χ1v) is 14.7. The fraction of sp³-hybridized carbons (Fsp3) is 0.353. The number of likely N-dealkylation sites (tertiary alicyclic amines) is 1. The molecule has 0 aromatic heterocycles. The van der Waals surface area contributed by atoms with Gasteiger partial charge >= 0.3 is 0 Å². The van der Waals surface area contributed by atoms with Crippen molar-refractivity contribution < 1.29 is 14.3 Å². The number of benzene rings is 3. The van der Waals surface area contributed by atoms with Crippen LogP contribution in [0.25, 0.3) is 6.08 Å². The Bertz CT molecular complexity index is 1400. The number of carbonyl (C=O) groups excluding carboxylic acids is 2. The number of nitrogens with zero attached hydrogens (tertiary/aromatic N) is 1. The minimum atomic E-state index is -0.267. The zero-order valence-electron chi connectivity index (χ0n) is 23.3. The van der Waals surface area contributed by atoms with E-state index in [1.807, 2.05) is 48.5 Å². The van der Waals surface area contributed by atoms with Gasteiger partial charge in [-0.3, -0.25) is 14.5 Å². The molecule has 2 bridgehead atoms. The molecule has 7 heteroatoms. The molecule has 3 atom stereocenters. The summed E-state index contributed by atoms with van der Waals surface area (Å²) in [6.45, 7) is 2.81. The van der Waals surface area contributed by atoms with Crippen LogP contribution >= 0.6 is 0 Å². The third-order valence-corrected chi connectivity index (χ3v) is 8.48. The Kier molecular flexibility index (Phi) is 8.16. The monoisotopic (exact) mass is 550 g/mol. The van der Waals surface area contributed by atoms with Gasteiger partial charge in [0.15, 0.2) is 0 Å². The van der Waals surface area contributed by atoms with Gasteiger partial charge in [0, 0.05) is 24.4 Å². The zero-order chi connectivity index (χ0) is 28.2. The van der Waals surface area contributed by atoms with Crippen molar-refractivity contribution >= 4 is 35.0 Å². The number of amides is 2.